The Kier molecular flexibility index (Phi) is 4.30. The van der Waals surface area contributed by atoms with Crippen molar-refractivity contribution < 1.29 is 0 Å². The Morgan fingerprint density at radius 1 is 1.19 bits per heavy atom. The van der Waals surface area contributed by atoms with Gasteiger partial charge in [0.2, 0.25) is 0 Å². The van der Waals surface area contributed by atoms with E-state index in [0.717, 1.165) is 22.0 Å². The van der Waals surface area contributed by atoms with Crippen molar-refractivity contribution in [3.8, 4) is 11.3 Å². The summed E-state index contributed by atoms with van der Waals surface area (Å²) in [7, 11) is 0. The molecule has 3 N–H and O–H groups in total. The summed E-state index contributed by atoms with van der Waals surface area (Å²) in [5, 5.41) is 3.09. The van der Waals surface area contributed by atoms with Crippen molar-refractivity contribution in [1.29, 1.82) is 0 Å². The fourth-order valence-corrected chi connectivity index (χ4v) is 2.93. The highest BCUT2D eigenvalue weighted by Gasteiger charge is 2.14. The van der Waals surface area contributed by atoms with Crippen molar-refractivity contribution in [3.05, 3.63) is 65.0 Å². The largest absolute Gasteiger partial charge is 0.271 e. The Morgan fingerprint density at radius 3 is 2.76 bits per heavy atom. The van der Waals surface area contributed by atoms with Gasteiger partial charge in [-0.25, -0.2) is 15.0 Å². The summed E-state index contributed by atoms with van der Waals surface area (Å²) < 4.78 is 0. The standard InChI is InChI=1S/C15H15N5S/c16-20-13(12-6-7-17-10-18-12)8-15-19-14(9-21-15)11-4-2-1-3-5-11/h1-7,9-10,13,20H,8,16H2. The zero-order valence-electron chi connectivity index (χ0n) is 11.3. The van der Waals surface area contributed by atoms with Crippen LogP contribution in [0.5, 0.6) is 0 Å². The maximum atomic E-state index is 5.64. The molecule has 0 fully saturated rings. The van der Waals surface area contributed by atoms with Crippen LogP contribution in [0.1, 0.15) is 16.7 Å². The van der Waals surface area contributed by atoms with Crippen molar-refractivity contribution in [3.63, 3.8) is 0 Å². The highest BCUT2D eigenvalue weighted by molar-refractivity contribution is 7.09. The van der Waals surface area contributed by atoms with E-state index < -0.39 is 0 Å². The first-order valence-electron chi connectivity index (χ1n) is 6.58. The van der Waals surface area contributed by atoms with E-state index in [-0.39, 0.29) is 6.04 Å². The van der Waals surface area contributed by atoms with Crippen molar-refractivity contribution in [2.45, 2.75) is 12.5 Å². The van der Waals surface area contributed by atoms with Gasteiger partial charge in [-0.15, -0.1) is 11.3 Å². The predicted octanol–water partition coefficient (Wildman–Crippen LogP) is 2.35. The third kappa shape index (κ3) is 3.30. The van der Waals surface area contributed by atoms with Crippen LogP contribution >= 0.6 is 11.3 Å². The lowest BCUT2D eigenvalue weighted by Gasteiger charge is -2.13. The van der Waals surface area contributed by atoms with Gasteiger partial charge in [0, 0.05) is 23.6 Å². The molecule has 1 aromatic carbocycles. The van der Waals surface area contributed by atoms with Gasteiger partial charge in [-0.1, -0.05) is 30.3 Å². The molecule has 3 aromatic rings. The van der Waals surface area contributed by atoms with Crippen LogP contribution in [0.25, 0.3) is 11.3 Å². The molecule has 0 bridgehead atoms. The van der Waals surface area contributed by atoms with Gasteiger partial charge in [0.05, 0.1) is 22.4 Å². The van der Waals surface area contributed by atoms with Crippen LogP contribution < -0.4 is 11.3 Å². The zero-order chi connectivity index (χ0) is 14.5. The number of hydrogen-bond donors (Lipinski definition) is 2. The van der Waals surface area contributed by atoms with E-state index in [1.165, 1.54) is 6.33 Å². The number of nitrogens with zero attached hydrogens (tertiary/aromatic N) is 3. The summed E-state index contributed by atoms with van der Waals surface area (Å²) in [5.74, 6) is 5.64. The topological polar surface area (TPSA) is 76.7 Å². The van der Waals surface area contributed by atoms with Gasteiger partial charge in [0.15, 0.2) is 0 Å². The van der Waals surface area contributed by atoms with Gasteiger partial charge < -0.3 is 0 Å². The molecule has 0 aliphatic heterocycles. The number of nitrogens with two attached hydrogens (primary N) is 1. The van der Waals surface area contributed by atoms with Gasteiger partial charge in [0.25, 0.3) is 0 Å². The molecule has 0 aliphatic rings. The van der Waals surface area contributed by atoms with Gasteiger partial charge in [-0.2, -0.15) is 0 Å². The van der Waals surface area contributed by atoms with E-state index in [1.807, 2.05) is 24.3 Å². The number of rotatable bonds is 5. The maximum absolute atomic E-state index is 5.64. The highest BCUT2D eigenvalue weighted by atomic mass is 32.1. The van der Waals surface area contributed by atoms with Crippen molar-refractivity contribution in [2.24, 2.45) is 5.84 Å². The molecule has 21 heavy (non-hydrogen) atoms. The molecule has 106 valence electrons. The van der Waals surface area contributed by atoms with Gasteiger partial charge >= 0.3 is 0 Å². The minimum absolute atomic E-state index is 0.0669. The number of aromatic nitrogens is 3. The molecule has 6 heteroatoms. The number of thiazole rings is 1. The normalized spacial score (nSPS) is 12.2. The molecular formula is C15H15N5S. The number of benzene rings is 1. The smallest absolute Gasteiger partial charge is 0.115 e. The van der Waals surface area contributed by atoms with E-state index in [0.29, 0.717) is 6.42 Å². The number of hydrogen-bond acceptors (Lipinski definition) is 6. The molecule has 1 atom stereocenters. The molecule has 0 spiro atoms. The molecule has 1 unspecified atom stereocenters. The molecular weight excluding hydrogens is 282 g/mol. The lowest BCUT2D eigenvalue weighted by molar-refractivity contribution is 0.536. The van der Waals surface area contributed by atoms with Crippen LogP contribution in [0.4, 0.5) is 0 Å². The first kappa shape index (κ1) is 13.8. The lowest BCUT2D eigenvalue weighted by atomic mass is 10.1. The van der Waals surface area contributed by atoms with E-state index in [9.17, 15) is 0 Å². The van der Waals surface area contributed by atoms with E-state index in [1.54, 1.807) is 17.5 Å². The fourth-order valence-electron chi connectivity index (χ4n) is 2.08. The SMILES string of the molecule is NNC(Cc1nc(-c2ccccc2)cs1)c1ccncn1. The Morgan fingerprint density at radius 2 is 2.05 bits per heavy atom. The summed E-state index contributed by atoms with van der Waals surface area (Å²) in [5.41, 5.74) is 5.78. The van der Waals surface area contributed by atoms with Crippen molar-refractivity contribution in [1.82, 2.24) is 20.4 Å². The Hall–Kier alpha value is -2.15. The van der Waals surface area contributed by atoms with Crippen LogP contribution in [-0.2, 0) is 6.42 Å². The monoisotopic (exact) mass is 297 g/mol. The fraction of sp³-hybridized carbons (Fsp3) is 0.133. The van der Waals surface area contributed by atoms with Crippen LogP contribution in [0.15, 0.2) is 54.3 Å². The third-order valence-corrected chi connectivity index (χ3v) is 4.03. The summed E-state index contributed by atoms with van der Waals surface area (Å²) >= 11 is 1.63. The minimum atomic E-state index is -0.0669. The van der Waals surface area contributed by atoms with E-state index in [2.05, 4.69) is 37.9 Å². The van der Waals surface area contributed by atoms with Crippen LogP contribution in [-0.4, -0.2) is 15.0 Å². The highest BCUT2D eigenvalue weighted by Crippen LogP contribution is 2.24. The molecule has 0 aliphatic carbocycles. The third-order valence-electron chi connectivity index (χ3n) is 3.16. The minimum Gasteiger partial charge on any atom is -0.271 e. The molecule has 5 nitrogen and oxygen atoms in total. The summed E-state index contributed by atoms with van der Waals surface area (Å²) in [4.78, 5) is 12.8. The average Bonchev–Trinajstić information content (AvgIpc) is 3.03. The number of hydrazine groups is 1. The number of nitrogens with one attached hydrogen (secondary N) is 1. The van der Waals surface area contributed by atoms with Gasteiger partial charge in [0.1, 0.15) is 6.33 Å². The quantitative estimate of drug-likeness (QED) is 0.558. The van der Waals surface area contributed by atoms with Crippen molar-refractivity contribution in [2.75, 3.05) is 0 Å². The van der Waals surface area contributed by atoms with Crippen LogP contribution in [0.3, 0.4) is 0 Å². The van der Waals surface area contributed by atoms with Gasteiger partial charge in [-0.05, 0) is 6.07 Å². The van der Waals surface area contributed by atoms with Gasteiger partial charge in [-0.3, -0.25) is 11.3 Å². The zero-order valence-corrected chi connectivity index (χ0v) is 12.1. The molecule has 2 heterocycles. The Bertz CT molecular complexity index is 684. The van der Waals surface area contributed by atoms with Crippen LogP contribution in [0.2, 0.25) is 0 Å². The Labute approximate surface area is 126 Å². The molecule has 0 saturated heterocycles. The van der Waals surface area contributed by atoms with Crippen molar-refractivity contribution >= 4 is 11.3 Å². The maximum Gasteiger partial charge on any atom is 0.115 e. The molecule has 2 aromatic heterocycles. The molecule has 3 rings (SSSR count). The van der Waals surface area contributed by atoms with Crippen LogP contribution in [0, 0.1) is 0 Å². The second-order valence-corrected chi connectivity index (χ2v) is 5.49. The molecule has 0 saturated carbocycles. The van der Waals surface area contributed by atoms with E-state index >= 15 is 0 Å². The molecule has 0 amide bonds. The second kappa shape index (κ2) is 6.53. The first-order chi connectivity index (χ1) is 10.4. The average molecular weight is 297 g/mol. The summed E-state index contributed by atoms with van der Waals surface area (Å²) in [6.07, 6.45) is 3.94. The first-order valence-corrected chi connectivity index (χ1v) is 7.46. The molecule has 0 radical (unpaired) electrons. The van der Waals surface area contributed by atoms with E-state index in [4.69, 9.17) is 5.84 Å². The summed E-state index contributed by atoms with van der Waals surface area (Å²) in [6.45, 7) is 0. The predicted molar refractivity (Wildman–Crippen MR) is 83.4 cm³/mol. The lowest BCUT2D eigenvalue weighted by Crippen LogP contribution is -2.30. The summed E-state index contributed by atoms with van der Waals surface area (Å²) in [6, 6.07) is 11.9. The Balaban J connectivity index is 1.78. The second-order valence-electron chi connectivity index (χ2n) is 4.55.